The van der Waals surface area contributed by atoms with Gasteiger partial charge in [0.1, 0.15) is 11.3 Å². The summed E-state index contributed by atoms with van der Waals surface area (Å²) >= 11 is 0. The Hall–Kier alpha value is -4.16. The van der Waals surface area contributed by atoms with Crippen molar-refractivity contribution in [3.63, 3.8) is 0 Å². The SMILES string of the molecule is CCCCCCCCOc1ccc(-c2noc([C@@]3(C(C)(C)C)[C@@H](CO[Si](c4ccccc4)(c4ccccc4)C(C)(C)C)CCN3C(=O)O)n2)cc1C(F)(F)F. The topological polar surface area (TPSA) is 97.9 Å². The van der Waals surface area contributed by atoms with Crippen LogP contribution in [0.15, 0.2) is 83.4 Å². The van der Waals surface area contributed by atoms with Crippen molar-refractivity contribution in [1.29, 1.82) is 0 Å². The smallest absolute Gasteiger partial charge is 0.419 e. The third-order valence-electron chi connectivity index (χ3n) is 11.1. The largest absolute Gasteiger partial charge is 0.493 e. The summed E-state index contributed by atoms with van der Waals surface area (Å²) in [5.74, 6) is -0.756. The molecule has 12 heteroatoms. The highest BCUT2D eigenvalue weighted by molar-refractivity contribution is 6.99. The maximum absolute atomic E-state index is 14.4. The Labute approximate surface area is 324 Å². The number of alkyl halides is 3. The van der Waals surface area contributed by atoms with Crippen molar-refractivity contribution in [1.82, 2.24) is 15.0 Å². The quantitative estimate of drug-likeness (QED) is 0.0948. The number of hydrogen-bond donors (Lipinski definition) is 1. The number of benzene rings is 3. The van der Waals surface area contributed by atoms with E-state index in [2.05, 4.69) is 57.1 Å². The second-order valence-electron chi connectivity index (χ2n) is 16.7. The van der Waals surface area contributed by atoms with Crippen molar-refractivity contribution in [2.24, 2.45) is 11.3 Å². The number of carboxylic acid groups (broad SMARTS) is 1. The summed E-state index contributed by atoms with van der Waals surface area (Å²) in [6, 6.07) is 24.1. The summed E-state index contributed by atoms with van der Waals surface area (Å²) < 4.78 is 62.2. The molecule has 0 radical (unpaired) electrons. The molecule has 2 atom stereocenters. The van der Waals surface area contributed by atoms with Crippen LogP contribution in [0.25, 0.3) is 11.4 Å². The van der Waals surface area contributed by atoms with E-state index in [0.29, 0.717) is 12.8 Å². The molecule has 2 heterocycles. The van der Waals surface area contributed by atoms with E-state index in [1.54, 1.807) is 0 Å². The molecule has 1 aromatic heterocycles. The van der Waals surface area contributed by atoms with E-state index in [1.807, 2.05) is 57.2 Å². The number of halogens is 3. The summed E-state index contributed by atoms with van der Waals surface area (Å²) in [5.41, 5.74) is -3.03. The third-order valence-corrected chi connectivity index (χ3v) is 16.1. The van der Waals surface area contributed by atoms with Crippen LogP contribution in [0.5, 0.6) is 5.75 Å². The number of rotatable bonds is 15. The Morgan fingerprint density at radius 2 is 1.51 bits per heavy atom. The fourth-order valence-electron chi connectivity index (χ4n) is 8.53. The molecule has 0 bridgehead atoms. The molecule has 1 fully saturated rings. The van der Waals surface area contributed by atoms with Gasteiger partial charge < -0.3 is 18.8 Å². The van der Waals surface area contributed by atoms with Gasteiger partial charge in [-0.2, -0.15) is 18.2 Å². The Morgan fingerprint density at radius 1 is 0.909 bits per heavy atom. The molecule has 1 N–H and O–H groups in total. The van der Waals surface area contributed by atoms with Crippen molar-refractivity contribution in [3.8, 4) is 17.1 Å². The lowest BCUT2D eigenvalue weighted by molar-refractivity contribution is -0.138. The van der Waals surface area contributed by atoms with E-state index in [1.165, 1.54) is 17.0 Å². The lowest BCUT2D eigenvalue weighted by Crippen LogP contribution is -2.67. The summed E-state index contributed by atoms with van der Waals surface area (Å²) in [5, 5.41) is 16.7. The summed E-state index contributed by atoms with van der Waals surface area (Å²) in [6.07, 6.45) is 0.514. The fraction of sp³-hybridized carbons (Fsp3) is 0.512. The van der Waals surface area contributed by atoms with Gasteiger partial charge in [-0.3, -0.25) is 4.90 Å². The molecule has 0 spiro atoms. The molecule has 4 aromatic rings. The van der Waals surface area contributed by atoms with Crippen LogP contribution in [-0.2, 0) is 16.1 Å². The minimum atomic E-state index is -4.69. The van der Waals surface area contributed by atoms with Gasteiger partial charge in [0.05, 0.1) is 12.2 Å². The van der Waals surface area contributed by atoms with Gasteiger partial charge in [-0.1, -0.05) is 146 Å². The Morgan fingerprint density at radius 3 is 2.05 bits per heavy atom. The average Bonchev–Trinajstić information content (AvgIpc) is 3.78. The maximum atomic E-state index is 14.4. The number of aromatic nitrogens is 2. The molecule has 5 rings (SSSR count). The minimum Gasteiger partial charge on any atom is -0.493 e. The van der Waals surface area contributed by atoms with E-state index < -0.39 is 43.0 Å². The highest BCUT2D eigenvalue weighted by atomic mass is 28.4. The molecule has 3 aromatic carbocycles. The Kier molecular flexibility index (Phi) is 12.9. The number of amides is 1. The highest BCUT2D eigenvalue weighted by Crippen LogP contribution is 2.55. The zero-order valence-corrected chi connectivity index (χ0v) is 34.2. The van der Waals surface area contributed by atoms with Crippen molar-refractivity contribution in [2.45, 2.75) is 110 Å². The lowest BCUT2D eigenvalue weighted by atomic mass is 9.66. The number of ether oxygens (including phenoxy) is 1. The second-order valence-corrected chi connectivity index (χ2v) is 21.0. The van der Waals surface area contributed by atoms with Crippen LogP contribution in [0.1, 0.15) is 105 Å². The molecule has 1 saturated heterocycles. The normalized spacial score (nSPS) is 18.1. The van der Waals surface area contributed by atoms with Gasteiger partial charge in [-0.05, 0) is 51.9 Å². The fourth-order valence-corrected chi connectivity index (χ4v) is 13.1. The van der Waals surface area contributed by atoms with Gasteiger partial charge in [0.25, 0.3) is 14.2 Å². The molecular weight excluding hydrogens is 724 g/mol. The number of likely N-dealkylation sites (tertiary alicyclic amines) is 1. The molecule has 1 aliphatic rings. The monoisotopic (exact) mass is 779 g/mol. The van der Waals surface area contributed by atoms with Gasteiger partial charge in [-0.15, -0.1) is 0 Å². The van der Waals surface area contributed by atoms with Crippen molar-refractivity contribution < 1.29 is 36.8 Å². The highest BCUT2D eigenvalue weighted by Gasteiger charge is 2.63. The number of nitrogens with zero attached hydrogens (tertiary/aromatic N) is 3. The molecule has 1 amide bonds. The van der Waals surface area contributed by atoms with Crippen LogP contribution >= 0.6 is 0 Å². The standard InChI is InChI=1S/C43H56F3N3O5Si/c1-8-9-10-11-12-19-28-52-36-25-24-31(29-35(36)43(44,45)46)37-47-38(54-48-37)42(40(2,3)4)32(26-27-49(42)39(50)51)30-53-55(41(5,6)7,33-20-15-13-16-21-33)34-22-17-14-18-23-34/h13-18,20-25,29,32H,8-12,19,26-28,30H2,1-7H3,(H,50,51)/t32-,42-/m1/s1. The number of carbonyl (C=O) groups is 1. The van der Waals surface area contributed by atoms with Crippen LogP contribution < -0.4 is 15.1 Å². The zero-order chi connectivity index (χ0) is 40.1. The lowest BCUT2D eigenvalue weighted by Gasteiger charge is -2.49. The van der Waals surface area contributed by atoms with Gasteiger partial charge >= 0.3 is 12.3 Å². The first kappa shape index (κ1) is 42.0. The molecule has 55 heavy (non-hydrogen) atoms. The predicted octanol–water partition coefficient (Wildman–Crippen LogP) is 10.3. The van der Waals surface area contributed by atoms with Gasteiger partial charge in [-0.25, -0.2) is 4.79 Å². The van der Waals surface area contributed by atoms with E-state index in [-0.39, 0.29) is 47.8 Å². The minimum absolute atomic E-state index is 0.0166. The first-order valence-corrected chi connectivity index (χ1v) is 21.3. The van der Waals surface area contributed by atoms with Gasteiger partial charge in [0.2, 0.25) is 5.82 Å². The van der Waals surface area contributed by atoms with Crippen molar-refractivity contribution in [2.75, 3.05) is 19.8 Å². The zero-order valence-electron chi connectivity index (χ0n) is 33.2. The maximum Gasteiger partial charge on any atom is 0.419 e. The van der Waals surface area contributed by atoms with Crippen molar-refractivity contribution >= 4 is 24.8 Å². The summed E-state index contributed by atoms with van der Waals surface area (Å²) in [6.45, 7) is 15.0. The molecule has 0 aliphatic carbocycles. The van der Waals surface area contributed by atoms with Crippen LogP contribution in [0.3, 0.4) is 0 Å². The van der Waals surface area contributed by atoms with E-state index in [9.17, 15) is 23.1 Å². The predicted molar refractivity (Wildman–Crippen MR) is 211 cm³/mol. The summed E-state index contributed by atoms with van der Waals surface area (Å²) in [7, 11) is -3.04. The Bertz CT molecular complexity index is 1820. The Balaban J connectivity index is 1.53. The van der Waals surface area contributed by atoms with E-state index in [0.717, 1.165) is 48.5 Å². The van der Waals surface area contributed by atoms with E-state index in [4.69, 9.17) is 18.7 Å². The van der Waals surface area contributed by atoms with Crippen molar-refractivity contribution in [3.05, 3.63) is 90.3 Å². The van der Waals surface area contributed by atoms with Crippen LogP contribution in [0.4, 0.5) is 18.0 Å². The molecule has 298 valence electrons. The summed E-state index contributed by atoms with van der Waals surface area (Å²) in [4.78, 5) is 19.2. The molecular formula is C43H56F3N3O5Si. The van der Waals surface area contributed by atoms with Crippen LogP contribution in [-0.4, -0.2) is 54.3 Å². The first-order valence-electron chi connectivity index (χ1n) is 19.4. The number of unbranched alkanes of at least 4 members (excludes halogenated alkanes) is 5. The average molecular weight is 780 g/mol. The van der Waals surface area contributed by atoms with Gasteiger partial charge in [0.15, 0.2) is 0 Å². The molecule has 1 aliphatic heterocycles. The molecule has 0 saturated carbocycles. The molecule has 0 unspecified atom stereocenters. The van der Waals surface area contributed by atoms with E-state index >= 15 is 0 Å². The first-order chi connectivity index (χ1) is 26.0. The second kappa shape index (κ2) is 16.9. The van der Waals surface area contributed by atoms with Crippen LogP contribution in [0.2, 0.25) is 5.04 Å². The van der Waals surface area contributed by atoms with Gasteiger partial charge in [0, 0.05) is 24.6 Å². The molecule has 8 nitrogen and oxygen atoms in total. The third kappa shape index (κ3) is 8.50. The number of hydrogen-bond acceptors (Lipinski definition) is 6. The van der Waals surface area contributed by atoms with Crippen LogP contribution in [0, 0.1) is 11.3 Å².